The van der Waals surface area contributed by atoms with Crippen molar-refractivity contribution < 1.29 is 4.74 Å². The summed E-state index contributed by atoms with van der Waals surface area (Å²) in [4.78, 5) is 0. The fourth-order valence-corrected chi connectivity index (χ4v) is 1.60. The number of anilines is 1. The van der Waals surface area contributed by atoms with Gasteiger partial charge in [-0.15, -0.1) is 0 Å². The molecule has 92 valence electrons. The van der Waals surface area contributed by atoms with Crippen molar-refractivity contribution in [1.29, 1.82) is 0 Å². The van der Waals surface area contributed by atoms with Crippen molar-refractivity contribution in [3.8, 4) is 5.75 Å². The van der Waals surface area contributed by atoms with Crippen molar-refractivity contribution in [2.24, 2.45) is 0 Å². The molecular formula is C13H18N2OS. The Balaban J connectivity index is 2.58. The molecule has 0 fully saturated rings. The van der Waals surface area contributed by atoms with E-state index in [1.165, 1.54) is 0 Å². The number of benzene rings is 1. The molecule has 0 aromatic heterocycles. The molecule has 0 aliphatic rings. The van der Waals surface area contributed by atoms with E-state index in [0.29, 0.717) is 17.8 Å². The average Bonchev–Trinajstić information content (AvgIpc) is 2.25. The standard InChI is InChI=1S/C13H18N2OS/c1-4-8-16-12-7-5-6-11(9-12)15-13(17)14-10(2)3/h4-7,9-10H,1,8H2,2-3H3,(H2,14,15,17). The van der Waals surface area contributed by atoms with E-state index in [0.717, 1.165) is 11.4 Å². The molecule has 0 saturated heterocycles. The molecule has 0 bridgehead atoms. The van der Waals surface area contributed by atoms with Gasteiger partial charge < -0.3 is 15.4 Å². The van der Waals surface area contributed by atoms with Gasteiger partial charge in [0.05, 0.1) is 0 Å². The molecule has 0 aliphatic carbocycles. The highest BCUT2D eigenvalue weighted by Gasteiger charge is 2.00. The third-order valence-electron chi connectivity index (χ3n) is 1.88. The quantitative estimate of drug-likeness (QED) is 0.622. The molecule has 0 atom stereocenters. The fraction of sp³-hybridized carbons (Fsp3) is 0.308. The van der Waals surface area contributed by atoms with Crippen LogP contribution in [0, 0.1) is 0 Å². The number of hydrogen-bond acceptors (Lipinski definition) is 2. The first-order chi connectivity index (χ1) is 8.11. The molecule has 0 heterocycles. The SMILES string of the molecule is C=CCOc1cccc(NC(=S)NC(C)C)c1. The van der Waals surface area contributed by atoms with Crippen molar-refractivity contribution in [2.75, 3.05) is 11.9 Å². The number of ether oxygens (including phenoxy) is 1. The molecule has 4 heteroatoms. The molecule has 0 radical (unpaired) electrons. The van der Waals surface area contributed by atoms with Crippen LogP contribution in [0.4, 0.5) is 5.69 Å². The Morgan fingerprint density at radius 1 is 1.53 bits per heavy atom. The summed E-state index contributed by atoms with van der Waals surface area (Å²) in [5, 5.41) is 6.83. The van der Waals surface area contributed by atoms with Crippen LogP contribution in [0.5, 0.6) is 5.75 Å². The minimum Gasteiger partial charge on any atom is -0.489 e. The second kappa shape index (κ2) is 6.91. The summed E-state index contributed by atoms with van der Waals surface area (Å²) in [6, 6.07) is 7.97. The number of thiocarbonyl (C=S) groups is 1. The number of hydrogen-bond donors (Lipinski definition) is 2. The maximum Gasteiger partial charge on any atom is 0.170 e. The van der Waals surface area contributed by atoms with Crippen molar-refractivity contribution in [1.82, 2.24) is 5.32 Å². The first-order valence-corrected chi connectivity index (χ1v) is 5.94. The van der Waals surface area contributed by atoms with Crippen molar-refractivity contribution >= 4 is 23.0 Å². The third kappa shape index (κ3) is 5.36. The van der Waals surface area contributed by atoms with Gasteiger partial charge in [0.2, 0.25) is 0 Å². The van der Waals surface area contributed by atoms with Crippen molar-refractivity contribution in [3.63, 3.8) is 0 Å². The summed E-state index contributed by atoms with van der Waals surface area (Å²) in [7, 11) is 0. The van der Waals surface area contributed by atoms with Crippen molar-refractivity contribution in [2.45, 2.75) is 19.9 Å². The van der Waals surface area contributed by atoms with Crippen LogP contribution in [0.2, 0.25) is 0 Å². The van der Waals surface area contributed by atoms with E-state index in [1.807, 2.05) is 38.1 Å². The normalized spacial score (nSPS) is 9.82. The maximum atomic E-state index is 5.44. The zero-order chi connectivity index (χ0) is 12.7. The highest BCUT2D eigenvalue weighted by Crippen LogP contribution is 2.17. The van der Waals surface area contributed by atoms with E-state index in [1.54, 1.807) is 6.08 Å². The zero-order valence-electron chi connectivity index (χ0n) is 10.2. The molecular weight excluding hydrogens is 232 g/mol. The number of rotatable bonds is 5. The summed E-state index contributed by atoms with van der Waals surface area (Å²) >= 11 is 5.16. The fourth-order valence-electron chi connectivity index (χ4n) is 1.25. The predicted octanol–water partition coefficient (Wildman–Crippen LogP) is 2.95. The van der Waals surface area contributed by atoms with E-state index in [4.69, 9.17) is 17.0 Å². The van der Waals surface area contributed by atoms with Gasteiger partial charge in [-0.1, -0.05) is 18.7 Å². The van der Waals surface area contributed by atoms with E-state index in [9.17, 15) is 0 Å². The first kappa shape index (κ1) is 13.5. The van der Waals surface area contributed by atoms with Gasteiger partial charge in [-0.25, -0.2) is 0 Å². The monoisotopic (exact) mass is 250 g/mol. The van der Waals surface area contributed by atoms with Crippen LogP contribution in [0.15, 0.2) is 36.9 Å². The molecule has 1 aromatic carbocycles. The topological polar surface area (TPSA) is 33.3 Å². The summed E-state index contributed by atoms with van der Waals surface area (Å²) in [5.41, 5.74) is 0.907. The molecule has 1 rings (SSSR count). The third-order valence-corrected chi connectivity index (χ3v) is 2.10. The van der Waals surface area contributed by atoms with Gasteiger partial charge in [0.15, 0.2) is 5.11 Å². The lowest BCUT2D eigenvalue weighted by Crippen LogP contribution is -2.33. The van der Waals surface area contributed by atoms with Gasteiger partial charge in [0, 0.05) is 17.8 Å². The van der Waals surface area contributed by atoms with Crippen LogP contribution in [-0.4, -0.2) is 17.8 Å². The van der Waals surface area contributed by atoms with Gasteiger partial charge in [-0.05, 0) is 38.2 Å². The molecule has 3 nitrogen and oxygen atoms in total. The van der Waals surface area contributed by atoms with Crippen LogP contribution >= 0.6 is 12.2 Å². The van der Waals surface area contributed by atoms with Crippen LogP contribution < -0.4 is 15.4 Å². The van der Waals surface area contributed by atoms with Gasteiger partial charge in [-0.2, -0.15) is 0 Å². The van der Waals surface area contributed by atoms with Crippen LogP contribution in [0.1, 0.15) is 13.8 Å². The first-order valence-electron chi connectivity index (χ1n) is 5.53. The summed E-state index contributed by atoms with van der Waals surface area (Å²) in [6.45, 7) is 8.18. The molecule has 0 spiro atoms. The largest absolute Gasteiger partial charge is 0.489 e. The van der Waals surface area contributed by atoms with E-state index in [-0.39, 0.29) is 0 Å². The number of nitrogens with one attached hydrogen (secondary N) is 2. The summed E-state index contributed by atoms with van der Waals surface area (Å²) in [5.74, 6) is 0.794. The lowest BCUT2D eigenvalue weighted by molar-refractivity contribution is 0.363. The van der Waals surface area contributed by atoms with Crippen LogP contribution in [0.3, 0.4) is 0 Å². The van der Waals surface area contributed by atoms with Gasteiger partial charge >= 0.3 is 0 Å². The molecule has 0 aliphatic heterocycles. The minimum atomic E-state index is 0.315. The lowest BCUT2D eigenvalue weighted by Gasteiger charge is -2.13. The molecule has 0 unspecified atom stereocenters. The molecule has 1 aromatic rings. The Bertz CT molecular complexity index is 391. The summed E-state index contributed by atoms with van der Waals surface area (Å²) < 4.78 is 5.44. The zero-order valence-corrected chi connectivity index (χ0v) is 11.0. The van der Waals surface area contributed by atoms with E-state index < -0.39 is 0 Å². The molecule has 17 heavy (non-hydrogen) atoms. The Morgan fingerprint density at radius 2 is 2.29 bits per heavy atom. The van der Waals surface area contributed by atoms with E-state index >= 15 is 0 Å². The van der Waals surface area contributed by atoms with Gasteiger partial charge in [0.1, 0.15) is 12.4 Å². The summed E-state index contributed by atoms with van der Waals surface area (Å²) in [6.07, 6.45) is 1.71. The van der Waals surface area contributed by atoms with Gasteiger partial charge in [-0.3, -0.25) is 0 Å². The Hall–Kier alpha value is -1.55. The Kier molecular flexibility index (Phi) is 5.49. The second-order valence-electron chi connectivity index (χ2n) is 3.88. The Morgan fingerprint density at radius 3 is 2.94 bits per heavy atom. The van der Waals surface area contributed by atoms with Crippen LogP contribution in [-0.2, 0) is 0 Å². The van der Waals surface area contributed by atoms with Crippen LogP contribution in [0.25, 0.3) is 0 Å². The Labute approximate surface area is 108 Å². The second-order valence-corrected chi connectivity index (χ2v) is 4.29. The van der Waals surface area contributed by atoms with E-state index in [2.05, 4.69) is 17.2 Å². The highest BCUT2D eigenvalue weighted by molar-refractivity contribution is 7.80. The van der Waals surface area contributed by atoms with Crippen molar-refractivity contribution in [3.05, 3.63) is 36.9 Å². The smallest absolute Gasteiger partial charge is 0.170 e. The highest BCUT2D eigenvalue weighted by atomic mass is 32.1. The van der Waals surface area contributed by atoms with Gasteiger partial charge in [0.25, 0.3) is 0 Å². The minimum absolute atomic E-state index is 0.315. The maximum absolute atomic E-state index is 5.44. The molecule has 2 N–H and O–H groups in total. The average molecular weight is 250 g/mol. The predicted molar refractivity (Wildman–Crippen MR) is 76.6 cm³/mol. The molecule has 0 saturated carbocycles. The molecule has 0 amide bonds. The lowest BCUT2D eigenvalue weighted by atomic mass is 10.3.